The van der Waals surface area contributed by atoms with Crippen LogP contribution in [0, 0.1) is 12.8 Å². The highest BCUT2D eigenvalue weighted by molar-refractivity contribution is 5.88. The first-order valence-electron chi connectivity index (χ1n) is 7.86. The second-order valence-electron chi connectivity index (χ2n) is 5.97. The van der Waals surface area contributed by atoms with Crippen LogP contribution in [0.3, 0.4) is 0 Å². The molecule has 1 nitrogen and oxygen atoms in total. The number of hydrogen-bond donors (Lipinski definition) is 0. The Morgan fingerprint density at radius 1 is 1.15 bits per heavy atom. The standard InChI is InChI=1S/C19H29N/c1-6-7-8-9-17(5)20-19(14-15(2)3)18-12-10-16(4)11-13-18/h10-15H,6-9H2,1-5H3/b19-14-,20-17+. The molecule has 0 unspecified atom stereocenters. The van der Waals surface area contributed by atoms with E-state index in [9.17, 15) is 0 Å². The van der Waals surface area contributed by atoms with E-state index in [0.29, 0.717) is 5.92 Å². The van der Waals surface area contributed by atoms with Crippen LogP contribution in [-0.4, -0.2) is 5.71 Å². The molecule has 0 N–H and O–H groups in total. The quantitative estimate of drug-likeness (QED) is 0.424. The van der Waals surface area contributed by atoms with Gasteiger partial charge in [-0.05, 0) is 38.2 Å². The number of nitrogens with zero attached hydrogens (tertiary/aromatic N) is 1. The van der Waals surface area contributed by atoms with Crippen molar-refractivity contribution >= 4 is 11.4 Å². The maximum Gasteiger partial charge on any atom is 0.0663 e. The van der Waals surface area contributed by atoms with Gasteiger partial charge in [0.15, 0.2) is 0 Å². The van der Waals surface area contributed by atoms with Crippen molar-refractivity contribution in [2.45, 2.75) is 60.3 Å². The Kier molecular flexibility index (Phi) is 7.28. The molecule has 1 heteroatoms. The predicted molar refractivity (Wildman–Crippen MR) is 91.2 cm³/mol. The number of aryl methyl sites for hydroxylation is 1. The van der Waals surface area contributed by atoms with Crippen molar-refractivity contribution in [2.75, 3.05) is 0 Å². The summed E-state index contributed by atoms with van der Waals surface area (Å²) >= 11 is 0. The van der Waals surface area contributed by atoms with E-state index in [0.717, 1.165) is 12.1 Å². The molecule has 0 aliphatic heterocycles. The van der Waals surface area contributed by atoms with Crippen molar-refractivity contribution in [3.05, 3.63) is 41.5 Å². The van der Waals surface area contributed by atoms with Crippen molar-refractivity contribution in [3.8, 4) is 0 Å². The molecule has 0 fully saturated rings. The largest absolute Gasteiger partial charge is 0.258 e. The van der Waals surface area contributed by atoms with Crippen LogP contribution in [0.15, 0.2) is 35.3 Å². The number of rotatable bonds is 7. The summed E-state index contributed by atoms with van der Waals surface area (Å²) in [6.07, 6.45) is 7.17. The Bertz CT molecular complexity index is 449. The van der Waals surface area contributed by atoms with Crippen LogP contribution < -0.4 is 0 Å². The average molecular weight is 271 g/mol. The normalized spacial score (nSPS) is 13.1. The van der Waals surface area contributed by atoms with Gasteiger partial charge in [-0.2, -0.15) is 0 Å². The minimum absolute atomic E-state index is 0.512. The predicted octanol–water partition coefficient (Wildman–Crippen LogP) is 6.03. The van der Waals surface area contributed by atoms with Gasteiger partial charge in [-0.15, -0.1) is 0 Å². The highest BCUT2D eigenvalue weighted by Crippen LogP contribution is 2.20. The zero-order valence-corrected chi connectivity index (χ0v) is 13.7. The molecule has 0 aromatic heterocycles. The van der Waals surface area contributed by atoms with Crippen LogP contribution in [0.25, 0.3) is 5.70 Å². The number of allylic oxidation sites excluding steroid dienone is 1. The van der Waals surface area contributed by atoms with Crippen molar-refractivity contribution < 1.29 is 0 Å². The maximum atomic E-state index is 4.87. The van der Waals surface area contributed by atoms with Crippen LogP contribution in [-0.2, 0) is 0 Å². The second-order valence-corrected chi connectivity index (χ2v) is 5.97. The number of hydrogen-bond acceptors (Lipinski definition) is 1. The van der Waals surface area contributed by atoms with Gasteiger partial charge < -0.3 is 0 Å². The fraction of sp³-hybridized carbons (Fsp3) is 0.526. The molecule has 20 heavy (non-hydrogen) atoms. The molecule has 1 aromatic carbocycles. The van der Waals surface area contributed by atoms with E-state index in [1.165, 1.54) is 36.1 Å². The summed E-state index contributed by atoms with van der Waals surface area (Å²) in [6.45, 7) is 10.9. The van der Waals surface area contributed by atoms with Gasteiger partial charge in [0.1, 0.15) is 0 Å². The van der Waals surface area contributed by atoms with E-state index in [1.54, 1.807) is 0 Å². The molecular formula is C19H29N. The summed E-state index contributed by atoms with van der Waals surface area (Å²) in [6, 6.07) is 8.66. The fourth-order valence-electron chi connectivity index (χ4n) is 2.13. The first-order chi connectivity index (χ1) is 9.52. The highest BCUT2D eigenvalue weighted by atomic mass is 14.8. The molecule has 0 heterocycles. The highest BCUT2D eigenvalue weighted by Gasteiger charge is 2.03. The van der Waals surface area contributed by atoms with E-state index in [-0.39, 0.29) is 0 Å². The molecule has 110 valence electrons. The van der Waals surface area contributed by atoms with Gasteiger partial charge in [0.2, 0.25) is 0 Å². The Labute approximate surface area is 124 Å². The first-order valence-corrected chi connectivity index (χ1v) is 7.86. The van der Waals surface area contributed by atoms with Gasteiger partial charge >= 0.3 is 0 Å². The molecule has 0 aliphatic rings. The van der Waals surface area contributed by atoms with Gasteiger partial charge in [-0.3, -0.25) is 4.99 Å². The van der Waals surface area contributed by atoms with Gasteiger partial charge in [-0.1, -0.05) is 69.5 Å². The lowest BCUT2D eigenvalue weighted by atomic mass is 10.1. The van der Waals surface area contributed by atoms with Crippen molar-refractivity contribution in [1.82, 2.24) is 0 Å². The molecule has 0 radical (unpaired) electrons. The number of benzene rings is 1. The third kappa shape index (κ3) is 6.18. The van der Waals surface area contributed by atoms with E-state index >= 15 is 0 Å². The van der Waals surface area contributed by atoms with E-state index in [4.69, 9.17) is 4.99 Å². The maximum absolute atomic E-state index is 4.87. The molecule has 0 spiro atoms. The van der Waals surface area contributed by atoms with Crippen molar-refractivity contribution in [1.29, 1.82) is 0 Å². The smallest absolute Gasteiger partial charge is 0.0663 e. The van der Waals surface area contributed by atoms with Gasteiger partial charge in [0, 0.05) is 5.71 Å². The Hall–Kier alpha value is -1.37. The summed E-state index contributed by atoms with van der Waals surface area (Å²) in [5.74, 6) is 0.512. The molecule has 0 saturated heterocycles. The minimum Gasteiger partial charge on any atom is -0.258 e. The van der Waals surface area contributed by atoms with Crippen LogP contribution in [0.5, 0.6) is 0 Å². The van der Waals surface area contributed by atoms with Crippen LogP contribution in [0.1, 0.15) is 64.5 Å². The Balaban J connectivity index is 2.90. The monoisotopic (exact) mass is 271 g/mol. The fourth-order valence-corrected chi connectivity index (χ4v) is 2.13. The van der Waals surface area contributed by atoms with Crippen molar-refractivity contribution in [2.24, 2.45) is 10.9 Å². The average Bonchev–Trinajstić information content (AvgIpc) is 2.38. The summed E-state index contributed by atoms with van der Waals surface area (Å²) < 4.78 is 0. The zero-order chi connectivity index (χ0) is 15.0. The summed E-state index contributed by atoms with van der Waals surface area (Å²) in [4.78, 5) is 4.87. The molecule has 0 bridgehead atoms. The van der Waals surface area contributed by atoms with E-state index in [2.05, 4.69) is 65.0 Å². The zero-order valence-electron chi connectivity index (χ0n) is 13.7. The van der Waals surface area contributed by atoms with E-state index in [1.807, 2.05) is 0 Å². The first kappa shape index (κ1) is 16.7. The second kappa shape index (κ2) is 8.73. The minimum atomic E-state index is 0.512. The molecule has 1 aromatic rings. The molecule has 1 rings (SSSR count). The molecule has 0 amide bonds. The van der Waals surface area contributed by atoms with Crippen molar-refractivity contribution in [3.63, 3.8) is 0 Å². The lowest BCUT2D eigenvalue weighted by Gasteiger charge is -2.08. The summed E-state index contributed by atoms with van der Waals surface area (Å²) in [5.41, 5.74) is 4.88. The molecule has 0 atom stereocenters. The Morgan fingerprint density at radius 2 is 1.80 bits per heavy atom. The third-order valence-electron chi connectivity index (χ3n) is 3.29. The van der Waals surface area contributed by atoms with Gasteiger partial charge in [0.25, 0.3) is 0 Å². The topological polar surface area (TPSA) is 12.4 Å². The van der Waals surface area contributed by atoms with Crippen LogP contribution in [0.4, 0.5) is 0 Å². The Morgan fingerprint density at radius 3 is 2.35 bits per heavy atom. The molecular weight excluding hydrogens is 242 g/mol. The third-order valence-corrected chi connectivity index (χ3v) is 3.29. The van der Waals surface area contributed by atoms with Crippen LogP contribution in [0.2, 0.25) is 0 Å². The summed E-state index contributed by atoms with van der Waals surface area (Å²) in [5, 5.41) is 0. The number of aliphatic imine (C=N–C) groups is 1. The lowest BCUT2D eigenvalue weighted by Crippen LogP contribution is -1.95. The van der Waals surface area contributed by atoms with Gasteiger partial charge in [-0.25, -0.2) is 0 Å². The van der Waals surface area contributed by atoms with Gasteiger partial charge in [0.05, 0.1) is 5.70 Å². The number of unbranched alkanes of at least 4 members (excludes halogenated alkanes) is 2. The molecule has 0 saturated carbocycles. The molecule has 0 aliphatic carbocycles. The SMILES string of the molecule is CCCCC/C(C)=N/C(=C\C(C)C)c1ccc(C)cc1. The lowest BCUT2D eigenvalue weighted by molar-refractivity contribution is 0.741. The van der Waals surface area contributed by atoms with E-state index < -0.39 is 0 Å². The van der Waals surface area contributed by atoms with Crippen LogP contribution >= 0.6 is 0 Å². The summed E-state index contributed by atoms with van der Waals surface area (Å²) in [7, 11) is 0.